The molecular formula is C13H16N5O6S+. The van der Waals surface area contributed by atoms with E-state index >= 15 is 0 Å². The molecule has 2 aliphatic heterocycles. The van der Waals surface area contributed by atoms with E-state index in [0.29, 0.717) is 4.31 Å². The Kier molecular flexibility index (Phi) is 3.88. The number of nitrogens with two attached hydrogens (primary N) is 2. The number of carbonyl (C=O) groups excluding carboxylic acids is 3. The number of primary amides is 1. The van der Waals surface area contributed by atoms with Crippen molar-refractivity contribution in [3.63, 3.8) is 0 Å². The van der Waals surface area contributed by atoms with Gasteiger partial charge in [0.05, 0.1) is 11.7 Å². The maximum Gasteiger partial charge on any atom is 0.362 e. The molecule has 11 nitrogen and oxygen atoms in total. The van der Waals surface area contributed by atoms with Crippen molar-refractivity contribution in [2.75, 3.05) is 12.3 Å². The Morgan fingerprint density at radius 3 is 2.68 bits per heavy atom. The Labute approximate surface area is 142 Å². The lowest BCUT2D eigenvalue weighted by Gasteiger charge is -2.42. The molecule has 0 aliphatic carbocycles. The second kappa shape index (κ2) is 5.67. The molecule has 3 amide bonds. The standard InChI is InChI=1S/C13H15N5O6S/c14-8-1-3-16(5-7(8)12(15)20)6-10(19)17-4-2-9-11(17)13(21)18(9)25(22,23)24/h1,3,5,9,11,14H,2,4,6H2,(H3,15,20,22,23,24)/p+1/t9-,11+/m1/s1. The maximum absolute atomic E-state index is 12.4. The Morgan fingerprint density at radius 1 is 1.40 bits per heavy atom. The molecule has 12 heteroatoms. The number of pyridine rings is 1. The highest BCUT2D eigenvalue weighted by atomic mass is 32.2. The number of hydrogen-bond acceptors (Lipinski definition) is 6. The van der Waals surface area contributed by atoms with Crippen LogP contribution >= 0.6 is 0 Å². The SMILES string of the molecule is NC(=O)c1c[n+](CC(=O)N2CC[C@@H]3[C@H]2C(=O)N3S(=O)(=O)O)ccc1N. The summed E-state index contributed by atoms with van der Waals surface area (Å²) < 4.78 is 33.2. The van der Waals surface area contributed by atoms with Crippen LogP contribution in [0, 0.1) is 0 Å². The summed E-state index contributed by atoms with van der Waals surface area (Å²) in [5, 5.41) is 0. The third-order valence-electron chi connectivity index (χ3n) is 4.34. The average Bonchev–Trinajstić information content (AvgIpc) is 2.86. The number of β-lactam (4-membered cyclic amide) rings is 1. The highest BCUT2D eigenvalue weighted by Gasteiger charge is 2.60. The molecule has 134 valence electrons. The molecule has 1 aromatic heterocycles. The lowest BCUT2D eigenvalue weighted by molar-refractivity contribution is -0.685. The van der Waals surface area contributed by atoms with Gasteiger partial charge in [0.25, 0.3) is 17.7 Å². The number of hydrogen-bond donors (Lipinski definition) is 3. The van der Waals surface area contributed by atoms with Gasteiger partial charge in [-0.3, -0.25) is 18.9 Å². The van der Waals surface area contributed by atoms with Crippen LogP contribution in [0.5, 0.6) is 0 Å². The van der Waals surface area contributed by atoms with Crippen LogP contribution in [0.3, 0.4) is 0 Å². The van der Waals surface area contributed by atoms with E-state index in [0.717, 1.165) is 0 Å². The molecule has 0 bridgehead atoms. The summed E-state index contributed by atoms with van der Waals surface area (Å²) >= 11 is 0. The number of fused-ring (bicyclic) bond motifs is 1. The van der Waals surface area contributed by atoms with E-state index in [2.05, 4.69) is 0 Å². The largest absolute Gasteiger partial charge is 0.398 e. The summed E-state index contributed by atoms with van der Waals surface area (Å²) in [5.74, 6) is -2.00. The molecule has 3 heterocycles. The van der Waals surface area contributed by atoms with E-state index in [1.165, 1.54) is 27.9 Å². The Bertz CT molecular complexity index is 885. The first-order valence-electron chi connectivity index (χ1n) is 7.30. The van der Waals surface area contributed by atoms with Crippen molar-refractivity contribution in [1.29, 1.82) is 0 Å². The van der Waals surface area contributed by atoms with Crippen molar-refractivity contribution in [1.82, 2.24) is 9.21 Å². The lowest BCUT2D eigenvalue weighted by Crippen LogP contribution is -2.68. The maximum atomic E-state index is 12.4. The van der Waals surface area contributed by atoms with Crippen molar-refractivity contribution in [3.8, 4) is 0 Å². The zero-order valence-electron chi connectivity index (χ0n) is 12.9. The summed E-state index contributed by atoms with van der Waals surface area (Å²) in [4.78, 5) is 37.0. The summed E-state index contributed by atoms with van der Waals surface area (Å²) in [6, 6.07) is -0.224. The molecule has 1 aromatic rings. The van der Waals surface area contributed by atoms with Crippen LogP contribution in [0.4, 0.5) is 5.69 Å². The van der Waals surface area contributed by atoms with Gasteiger partial charge in [-0.1, -0.05) is 0 Å². The van der Waals surface area contributed by atoms with Gasteiger partial charge in [0.2, 0.25) is 6.54 Å². The Morgan fingerprint density at radius 2 is 2.08 bits per heavy atom. The second-order valence-corrected chi connectivity index (χ2v) is 7.14. The van der Waals surface area contributed by atoms with Gasteiger partial charge in [-0.25, -0.2) is 4.31 Å². The van der Waals surface area contributed by atoms with Crippen LogP contribution in [0.1, 0.15) is 16.8 Å². The molecule has 2 saturated heterocycles. The molecule has 0 saturated carbocycles. The van der Waals surface area contributed by atoms with Crippen LogP contribution in [0.25, 0.3) is 0 Å². The quantitative estimate of drug-likeness (QED) is 0.294. The predicted octanol–water partition coefficient (Wildman–Crippen LogP) is -2.73. The summed E-state index contributed by atoms with van der Waals surface area (Å²) in [6.07, 6.45) is 3.07. The Hall–Kier alpha value is -2.73. The number of nitrogen functional groups attached to an aromatic ring is 1. The van der Waals surface area contributed by atoms with Crippen molar-refractivity contribution < 1.29 is 31.9 Å². The number of rotatable bonds is 4. The number of carbonyl (C=O) groups is 3. The van der Waals surface area contributed by atoms with Gasteiger partial charge in [-0.05, 0) is 6.42 Å². The number of aromatic nitrogens is 1. The average molecular weight is 370 g/mol. The fourth-order valence-electron chi connectivity index (χ4n) is 3.20. The van der Waals surface area contributed by atoms with E-state index in [1.807, 2.05) is 0 Å². The van der Waals surface area contributed by atoms with Gasteiger partial charge in [0.15, 0.2) is 12.4 Å². The van der Waals surface area contributed by atoms with Gasteiger partial charge >= 0.3 is 10.3 Å². The van der Waals surface area contributed by atoms with Crippen LogP contribution < -0.4 is 16.0 Å². The Balaban J connectivity index is 1.75. The van der Waals surface area contributed by atoms with Gasteiger partial charge in [0.1, 0.15) is 11.6 Å². The van der Waals surface area contributed by atoms with Crippen LogP contribution in [0.15, 0.2) is 18.5 Å². The first-order chi connectivity index (χ1) is 11.6. The lowest BCUT2D eigenvalue weighted by atomic mass is 10.0. The van der Waals surface area contributed by atoms with Crippen molar-refractivity contribution in [2.24, 2.45) is 5.73 Å². The monoisotopic (exact) mass is 370 g/mol. The van der Waals surface area contributed by atoms with E-state index in [1.54, 1.807) is 0 Å². The van der Waals surface area contributed by atoms with E-state index < -0.39 is 40.1 Å². The van der Waals surface area contributed by atoms with Gasteiger partial charge in [0, 0.05) is 12.6 Å². The molecule has 25 heavy (non-hydrogen) atoms. The minimum Gasteiger partial charge on any atom is -0.398 e. The van der Waals surface area contributed by atoms with Crippen LogP contribution in [-0.2, 0) is 26.4 Å². The zero-order chi connectivity index (χ0) is 18.5. The summed E-state index contributed by atoms with van der Waals surface area (Å²) in [6.45, 7) is 0.00701. The highest BCUT2D eigenvalue weighted by Crippen LogP contribution is 2.35. The van der Waals surface area contributed by atoms with Gasteiger partial charge < -0.3 is 16.4 Å². The number of likely N-dealkylation sites (tertiary alicyclic amines) is 1. The molecule has 0 radical (unpaired) electrons. The van der Waals surface area contributed by atoms with Crippen molar-refractivity contribution >= 4 is 33.7 Å². The minimum atomic E-state index is -4.62. The number of amides is 3. The third-order valence-corrected chi connectivity index (χ3v) is 5.29. The van der Waals surface area contributed by atoms with Crippen molar-refractivity contribution in [3.05, 3.63) is 24.0 Å². The number of anilines is 1. The molecular weight excluding hydrogens is 354 g/mol. The fraction of sp³-hybridized carbons (Fsp3) is 0.385. The van der Waals surface area contributed by atoms with E-state index in [9.17, 15) is 22.8 Å². The van der Waals surface area contributed by atoms with Crippen LogP contribution in [-0.4, -0.2) is 58.5 Å². The second-order valence-electron chi connectivity index (χ2n) is 5.85. The zero-order valence-corrected chi connectivity index (χ0v) is 13.7. The molecule has 2 fully saturated rings. The normalized spacial score (nSPS) is 22.5. The molecule has 0 unspecified atom stereocenters. The predicted molar refractivity (Wildman–Crippen MR) is 81.9 cm³/mol. The smallest absolute Gasteiger partial charge is 0.362 e. The van der Waals surface area contributed by atoms with E-state index in [4.69, 9.17) is 16.0 Å². The highest BCUT2D eigenvalue weighted by molar-refractivity contribution is 7.84. The first-order valence-corrected chi connectivity index (χ1v) is 8.69. The minimum absolute atomic E-state index is 0.0619. The molecule has 5 N–H and O–H groups in total. The van der Waals surface area contributed by atoms with Gasteiger partial charge in [-0.2, -0.15) is 13.0 Å². The molecule has 2 atom stereocenters. The molecule has 2 aliphatic rings. The molecule has 0 aromatic carbocycles. The topological polar surface area (TPSA) is 168 Å². The van der Waals surface area contributed by atoms with Crippen LogP contribution in [0.2, 0.25) is 0 Å². The summed E-state index contributed by atoms with van der Waals surface area (Å²) in [5.41, 5.74) is 11.1. The van der Waals surface area contributed by atoms with Crippen molar-refractivity contribution in [2.45, 2.75) is 25.0 Å². The van der Waals surface area contributed by atoms with Gasteiger partial charge in [-0.15, -0.1) is 0 Å². The third kappa shape index (κ3) is 2.78. The first kappa shape index (κ1) is 17.1. The molecule has 0 spiro atoms. The van der Waals surface area contributed by atoms with E-state index in [-0.39, 0.29) is 30.8 Å². The number of nitrogens with zero attached hydrogens (tertiary/aromatic N) is 3. The molecule has 3 rings (SSSR count). The fourth-order valence-corrected chi connectivity index (χ4v) is 4.09. The summed E-state index contributed by atoms with van der Waals surface area (Å²) in [7, 11) is -4.62.